The van der Waals surface area contributed by atoms with E-state index in [1.54, 1.807) is 0 Å². The Bertz CT molecular complexity index is 514. The minimum absolute atomic E-state index is 0.230. The topological polar surface area (TPSA) is 9.23 Å². The molecule has 0 aromatic carbocycles. The van der Waals surface area contributed by atoms with Crippen molar-refractivity contribution >= 4 is 30.9 Å². The largest absolute Gasteiger partial charge is 0.547 e. The molecule has 124 valence electrons. The molecule has 0 aromatic rings. The van der Waals surface area contributed by atoms with E-state index < -0.39 is 8.32 Å². The molecule has 0 aromatic heterocycles. The lowest BCUT2D eigenvalue weighted by Crippen LogP contribution is -2.41. The molecule has 0 spiro atoms. The molecule has 1 rings (SSSR count). The van der Waals surface area contributed by atoms with Crippen LogP contribution in [-0.2, 0) is 4.43 Å². The van der Waals surface area contributed by atoms with Crippen LogP contribution >= 0.6 is 22.6 Å². The Labute approximate surface area is 152 Å². The first-order valence-electron chi connectivity index (χ1n) is 8.12. The molecule has 2 atom stereocenters. The summed E-state index contributed by atoms with van der Waals surface area (Å²) < 4.78 is 9.68. The second kappa shape index (κ2) is 7.57. The third-order valence-electron chi connectivity index (χ3n) is 5.35. The molecule has 22 heavy (non-hydrogen) atoms. The van der Waals surface area contributed by atoms with Crippen LogP contribution < -0.4 is 0 Å². The first-order valence-corrected chi connectivity index (χ1v) is 12.1. The Morgan fingerprint density at radius 2 is 2.00 bits per heavy atom. The van der Waals surface area contributed by atoms with Gasteiger partial charge in [-0.25, -0.2) is 0 Å². The predicted molar refractivity (Wildman–Crippen MR) is 108 cm³/mol. The van der Waals surface area contributed by atoms with Crippen molar-refractivity contribution in [2.45, 2.75) is 72.0 Å². The number of allylic oxidation sites excluding steroid dienone is 3. The Kier molecular flexibility index (Phi) is 6.83. The van der Waals surface area contributed by atoms with Gasteiger partial charge in [0.25, 0.3) is 0 Å². The van der Waals surface area contributed by atoms with Crippen molar-refractivity contribution in [1.29, 1.82) is 0 Å². The number of rotatable bonds is 4. The molecule has 0 unspecified atom stereocenters. The van der Waals surface area contributed by atoms with Gasteiger partial charge in [-0.1, -0.05) is 38.8 Å². The highest BCUT2D eigenvalue weighted by Crippen LogP contribution is 2.44. The molecule has 0 bridgehead atoms. The van der Waals surface area contributed by atoms with Crippen molar-refractivity contribution in [2.75, 3.05) is 0 Å². The summed E-state index contributed by atoms with van der Waals surface area (Å²) in [4.78, 5) is 0. The lowest BCUT2D eigenvalue weighted by atomic mass is 9.77. The zero-order valence-electron chi connectivity index (χ0n) is 15.3. The van der Waals surface area contributed by atoms with Crippen molar-refractivity contribution < 1.29 is 4.43 Å². The minimum Gasteiger partial charge on any atom is -0.547 e. The van der Waals surface area contributed by atoms with Gasteiger partial charge in [-0.15, -0.1) is 0 Å². The zero-order chi connectivity index (χ0) is 17.1. The molecule has 3 heteroatoms. The van der Waals surface area contributed by atoms with Gasteiger partial charge >= 0.3 is 0 Å². The first kappa shape index (κ1) is 19.8. The van der Waals surface area contributed by atoms with Gasteiger partial charge in [0.15, 0.2) is 0 Å². The predicted octanol–water partition coefficient (Wildman–Crippen LogP) is 6.67. The van der Waals surface area contributed by atoms with Gasteiger partial charge in [0.1, 0.15) is 0 Å². The summed E-state index contributed by atoms with van der Waals surface area (Å²) >= 11 is 2.13. The molecular formula is C19H31IOSi. The number of hydrogen-bond donors (Lipinski definition) is 0. The third-order valence-corrected chi connectivity index (χ3v) is 10.1. The molecule has 0 saturated carbocycles. The van der Waals surface area contributed by atoms with Gasteiger partial charge in [0.05, 0.1) is 5.76 Å². The minimum atomic E-state index is -1.78. The van der Waals surface area contributed by atoms with Crippen LogP contribution in [0, 0.1) is 21.7 Å². The molecule has 0 fully saturated rings. The highest BCUT2D eigenvalue weighted by Gasteiger charge is 2.41. The molecule has 1 aliphatic carbocycles. The monoisotopic (exact) mass is 430 g/mol. The maximum absolute atomic E-state index is 6.67. The van der Waals surface area contributed by atoms with E-state index in [1.165, 1.54) is 16.9 Å². The van der Waals surface area contributed by atoms with Crippen LogP contribution in [0.4, 0.5) is 0 Å². The molecule has 0 heterocycles. The van der Waals surface area contributed by atoms with E-state index in [0.717, 1.165) is 19.3 Å². The standard InChI is InChI=1S/C19H31IOSi/c1-14(2)17-12-16(10-9-11-20)15(3)18(13-17)21-22(7,8)19(4,5)6/h16-17H,1,10,12-13H2,2-8H3/t16-,17-/m1/s1. The highest BCUT2D eigenvalue weighted by molar-refractivity contribution is 14.1. The lowest BCUT2D eigenvalue weighted by Gasteiger charge is -2.41. The van der Waals surface area contributed by atoms with E-state index in [-0.39, 0.29) is 5.04 Å². The van der Waals surface area contributed by atoms with Crippen molar-refractivity contribution in [3.8, 4) is 9.85 Å². The highest BCUT2D eigenvalue weighted by atomic mass is 127. The second-order valence-electron chi connectivity index (χ2n) is 8.12. The van der Waals surface area contributed by atoms with Gasteiger partial charge in [0.2, 0.25) is 8.32 Å². The van der Waals surface area contributed by atoms with Crippen LogP contribution in [0.25, 0.3) is 0 Å². The molecule has 0 amide bonds. The van der Waals surface area contributed by atoms with Gasteiger partial charge < -0.3 is 4.43 Å². The fourth-order valence-corrected chi connectivity index (χ4v) is 3.96. The van der Waals surface area contributed by atoms with Crippen molar-refractivity contribution in [1.82, 2.24) is 0 Å². The summed E-state index contributed by atoms with van der Waals surface area (Å²) in [7, 11) is -1.78. The van der Waals surface area contributed by atoms with E-state index in [0.29, 0.717) is 11.8 Å². The maximum atomic E-state index is 6.67. The van der Waals surface area contributed by atoms with Gasteiger partial charge in [-0.3, -0.25) is 0 Å². The molecule has 0 radical (unpaired) electrons. The normalized spacial score (nSPS) is 22.9. The van der Waals surface area contributed by atoms with Gasteiger partial charge in [0, 0.05) is 35.4 Å². The molecule has 1 nitrogen and oxygen atoms in total. The van der Waals surface area contributed by atoms with Crippen LogP contribution in [0.15, 0.2) is 23.5 Å². The molecular weight excluding hydrogens is 399 g/mol. The zero-order valence-corrected chi connectivity index (χ0v) is 18.4. The van der Waals surface area contributed by atoms with Gasteiger partial charge in [-0.05, 0) is 59.7 Å². The fraction of sp³-hybridized carbons (Fsp3) is 0.684. The molecule has 0 saturated heterocycles. The van der Waals surface area contributed by atoms with E-state index in [9.17, 15) is 0 Å². The van der Waals surface area contributed by atoms with Crippen LogP contribution in [0.1, 0.15) is 53.9 Å². The van der Waals surface area contributed by atoms with E-state index in [4.69, 9.17) is 4.43 Å². The summed E-state index contributed by atoms with van der Waals surface area (Å²) in [6, 6.07) is 0. The Hall–Kier alpha value is -0.213. The quantitative estimate of drug-likeness (QED) is 0.209. The van der Waals surface area contributed by atoms with Crippen LogP contribution in [0.5, 0.6) is 0 Å². The van der Waals surface area contributed by atoms with Crippen LogP contribution in [0.2, 0.25) is 18.1 Å². The van der Waals surface area contributed by atoms with Crippen molar-refractivity contribution in [3.05, 3.63) is 23.5 Å². The van der Waals surface area contributed by atoms with Gasteiger partial charge in [-0.2, -0.15) is 0 Å². The fourth-order valence-electron chi connectivity index (χ4n) is 2.57. The summed E-state index contributed by atoms with van der Waals surface area (Å²) in [5.41, 5.74) is 2.69. The first-order chi connectivity index (χ1) is 9.99. The SMILES string of the molecule is C=C(C)[C@H]1CC(O[Si](C)(C)C(C)(C)C)=C(C)[C@H](CC#CI)C1. The van der Waals surface area contributed by atoms with E-state index >= 15 is 0 Å². The average Bonchev–Trinajstić information content (AvgIpc) is 2.37. The Morgan fingerprint density at radius 3 is 2.45 bits per heavy atom. The third kappa shape index (κ3) is 4.89. The van der Waals surface area contributed by atoms with E-state index in [2.05, 4.69) is 86.7 Å². The summed E-state index contributed by atoms with van der Waals surface area (Å²) in [5.74, 6) is 5.52. The smallest absolute Gasteiger partial charge is 0.250 e. The van der Waals surface area contributed by atoms with E-state index in [1.807, 2.05) is 0 Å². The number of hydrogen-bond acceptors (Lipinski definition) is 1. The number of halogens is 1. The summed E-state index contributed by atoms with van der Waals surface area (Å²) in [5, 5.41) is 0.230. The average molecular weight is 430 g/mol. The Morgan fingerprint density at radius 1 is 1.41 bits per heavy atom. The second-order valence-corrected chi connectivity index (χ2v) is 13.4. The van der Waals surface area contributed by atoms with Crippen molar-refractivity contribution in [3.63, 3.8) is 0 Å². The molecule has 0 aliphatic heterocycles. The van der Waals surface area contributed by atoms with Crippen LogP contribution in [0.3, 0.4) is 0 Å². The molecule has 1 aliphatic rings. The van der Waals surface area contributed by atoms with Crippen molar-refractivity contribution in [2.24, 2.45) is 11.8 Å². The maximum Gasteiger partial charge on any atom is 0.250 e. The summed E-state index contributed by atoms with van der Waals surface area (Å²) in [6.45, 7) is 20.1. The lowest BCUT2D eigenvalue weighted by molar-refractivity contribution is 0.293. The Balaban J connectivity index is 3.10. The van der Waals surface area contributed by atoms with Crippen LogP contribution in [-0.4, -0.2) is 8.32 Å². The summed E-state index contributed by atoms with van der Waals surface area (Å²) in [6.07, 6.45) is 3.11. The molecule has 0 N–H and O–H groups in total.